The van der Waals surface area contributed by atoms with Gasteiger partial charge in [-0.05, 0) is 61.4 Å². The molecule has 0 radical (unpaired) electrons. The van der Waals surface area contributed by atoms with Gasteiger partial charge in [0.2, 0.25) is 11.8 Å². The monoisotopic (exact) mass is 424 g/mol. The van der Waals surface area contributed by atoms with E-state index in [0.29, 0.717) is 36.7 Å². The fraction of sp³-hybridized carbons (Fsp3) is 0.478. The van der Waals surface area contributed by atoms with Crippen molar-refractivity contribution in [1.82, 2.24) is 19.6 Å². The van der Waals surface area contributed by atoms with E-state index in [0.717, 1.165) is 25.8 Å². The summed E-state index contributed by atoms with van der Waals surface area (Å²) in [5.41, 5.74) is 0.844. The van der Waals surface area contributed by atoms with Gasteiger partial charge in [0.25, 0.3) is 5.56 Å². The molecule has 3 aliphatic heterocycles. The summed E-state index contributed by atoms with van der Waals surface area (Å²) in [6.07, 6.45) is 3.62. The van der Waals surface area contributed by atoms with E-state index in [9.17, 15) is 18.8 Å². The molecule has 4 heterocycles. The Bertz CT molecular complexity index is 1070. The summed E-state index contributed by atoms with van der Waals surface area (Å²) < 4.78 is 14.4. The predicted octanol–water partition coefficient (Wildman–Crippen LogP) is 1.91. The summed E-state index contributed by atoms with van der Waals surface area (Å²) in [7, 11) is 0. The second kappa shape index (κ2) is 7.90. The predicted molar refractivity (Wildman–Crippen MR) is 111 cm³/mol. The van der Waals surface area contributed by atoms with Crippen molar-refractivity contribution in [3.8, 4) is 11.3 Å². The van der Waals surface area contributed by atoms with E-state index in [4.69, 9.17) is 0 Å². The van der Waals surface area contributed by atoms with Crippen LogP contribution in [0.1, 0.15) is 25.7 Å². The molecule has 8 heteroatoms. The molecule has 0 N–H and O–H groups in total. The number of carbonyl (C=O) groups excluding carboxylic acids is 2. The second-order valence-corrected chi connectivity index (χ2v) is 8.89. The van der Waals surface area contributed by atoms with Gasteiger partial charge in [0.1, 0.15) is 12.4 Å². The Morgan fingerprint density at radius 1 is 1.06 bits per heavy atom. The van der Waals surface area contributed by atoms with Gasteiger partial charge >= 0.3 is 0 Å². The molecule has 0 saturated carbocycles. The lowest BCUT2D eigenvalue weighted by Gasteiger charge is -2.52. The third-order valence-electron chi connectivity index (χ3n) is 6.82. The van der Waals surface area contributed by atoms with E-state index in [1.165, 1.54) is 22.9 Å². The average Bonchev–Trinajstić information content (AvgIpc) is 2.76. The Labute approximate surface area is 179 Å². The quantitative estimate of drug-likeness (QED) is 0.754. The number of nitrogens with zero attached hydrogens (tertiary/aromatic N) is 4. The van der Waals surface area contributed by atoms with Gasteiger partial charge < -0.3 is 9.80 Å². The first kappa shape index (κ1) is 19.9. The molecule has 1 aromatic heterocycles. The third-order valence-corrected chi connectivity index (χ3v) is 6.82. The smallest absolute Gasteiger partial charge is 0.267 e. The Balaban J connectivity index is 1.32. The van der Waals surface area contributed by atoms with Crippen molar-refractivity contribution < 1.29 is 14.0 Å². The van der Waals surface area contributed by atoms with E-state index in [2.05, 4.69) is 5.10 Å². The number of fused-ring (bicyclic) bond motifs is 4. The molecule has 2 bridgehead atoms. The van der Waals surface area contributed by atoms with Gasteiger partial charge in [-0.1, -0.05) is 0 Å². The highest BCUT2D eigenvalue weighted by molar-refractivity contribution is 5.78. The summed E-state index contributed by atoms with van der Waals surface area (Å²) in [6, 6.07) is 9.06. The van der Waals surface area contributed by atoms with Crippen LogP contribution in [0.2, 0.25) is 0 Å². The maximum Gasteiger partial charge on any atom is 0.267 e. The summed E-state index contributed by atoms with van der Waals surface area (Å²) in [5, 5.41) is 4.34. The maximum atomic E-state index is 13.2. The van der Waals surface area contributed by atoms with Gasteiger partial charge in [-0.15, -0.1) is 0 Å². The molecule has 2 amide bonds. The Kier molecular flexibility index (Phi) is 5.08. The van der Waals surface area contributed by atoms with Gasteiger partial charge in [-0.2, -0.15) is 5.10 Å². The number of carbonyl (C=O) groups is 2. The minimum atomic E-state index is -0.347. The average molecular weight is 424 g/mol. The first-order valence-corrected chi connectivity index (χ1v) is 10.9. The molecule has 162 valence electrons. The standard InChI is InChI=1S/C23H25FN4O3/c24-18-6-4-16(5-7-18)19-8-9-22(30)28(25-19)14-23(31)26-11-15-10-17(13-26)20-2-1-3-21(29)27(20)12-15/h4-9,15,17,20H,1-3,10-14H2. The number of hydrogen-bond acceptors (Lipinski definition) is 4. The number of aromatic nitrogens is 2. The third kappa shape index (κ3) is 3.86. The lowest BCUT2D eigenvalue weighted by atomic mass is 9.76. The molecule has 0 aliphatic carbocycles. The van der Waals surface area contributed by atoms with E-state index in [-0.39, 0.29) is 41.7 Å². The van der Waals surface area contributed by atoms with Crippen LogP contribution in [0.4, 0.5) is 4.39 Å². The largest absolute Gasteiger partial charge is 0.340 e. The first-order valence-electron chi connectivity index (χ1n) is 10.9. The van der Waals surface area contributed by atoms with Crippen molar-refractivity contribution in [2.45, 2.75) is 38.3 Å². The second-order valence-electron chi connectivity index (χ2n) is 8.89. The van der Waals surface area contributed by atoms with Crippen LogP contribution >= 0.6 is 0 Å². The fourth-order valence-corrected chi connectivity index (χ4v) is 5.38. The Hall–Kier alpha value is -3.03. The SMILES string of the molecule is O=C(Cn1nc(-c2ccc(F)cc2)ccc1=O)N1CC2CC(C1)C1CCCC(=O)N1C2. The van der Waals surface area contributed by atoms with Crippen LogP contribution < -0.4 is 5.56 Å². The van der Waals surface area contributed by atoms with Crippen molar-refractivity contribution in [3.05, 3.63) is 52.6 Å². The minimum absolute atomic E-state index is 0.124. The maximum absolute atomic E-state index is 13.2. The molecule has 3 aliphatic rings. The Morgan fingerprint density at radius 3 is 2.68 bits per heavy atom. The molecule has 0 spiro atoms. The highest BCUT2D eigenvalue weighted by Gasteiger charge is 2.44. The lowest BCUT2D eigenvalue weighted by molar-refractivity contribution is -0.149. The molecule has 2 aromatic rings. The van der Waals surface area contributed by atoms with Crippen molar-refractivity contribution in [1.29, 1.82) is 0 Å². The molecule has 3 atom stereocenters. The van der Waals surface area contributed by atoms with Crippen molar-refractivity contribution in [2.24, 2.45) is 11.8 Å². The van der Waals surface area contributed by atoms with Crippen LogP contribution in [0, 0.1) is 17.7 Å². The molecule has 3 unspecified atom stereocenters. The molecular formula is C23H25FN4O3. The van der Waals surface area contributed by atoms with Crippen LogP contribution in [0.5, 0.6) is 0 Å². The van der Waals surface area contributed by atoms with Crippen LogP contribution in [0.15, 0.2) is 41.2 Å². The normalized spacial score (nSPS) is 25.3. The van der Waals surface area contributed by atoms with Gasteiger partial charge in [0.15, 0.2) is 0 Å². The van der Waals surface area contributed by atoms with Crippen molar-refractivity contribution in [2.75, 3.05) is 19.6 Å². The number of amides is 2. The van der Waals surface area contributed by atoms with E-state index >= 15 is 0 Å². The number of halogens is 1. The molecule has 31 heavy (non-hydrogen) atoms. The van der Waals surface area contributed by atoms with Crippen LogP contribution in [-0.4, -0.2) is 57.1 Å². The number of likely N-dealkylation sites (tertiary alicyclic amines) is 1. The number of benzene rings is 1. The number of hydrogen-bond donors (Lipinski definition) is 0. The van der Waals surface area contributed by atoms with Gasteiger partial charge in [-0.3, -0.25) is 14.4 Å². The lowest BCUT2D eigenvalue weighted by Crippen LogP contribution is -2.61. The number of rotatable bonds is 3. The van der Waals surface area contributed by atoms with Gasteiger partial charge in [0, 0.05) is 43.7 Å². The molecule has 1 aromatic carbocycles. The molecule has 3 fully saturated rings. The highest BCUT2D eigenvalue weighted by atomic mass is 19.1. The highest BCUT2D eigenvalue weighted by Crippen LogP contribution is 2.37. The molecule has 5 rings (SSSR count). The fourth-order valence-electron chi connectivity index (χ4n) is 5.38. The molecule has 3 saturated heterocycles. The summed E-state index contributed by atoms with van der Waals surface area (Å²) in [4.78, 5) is 41.6. The topological polar surface area (TPSA) is 75.5 Å². The van der Waals surface area contributed by atoms with E-state index in [1.807, 2.05) is 9.80 Å². The van der Waals surface area contributed by atoms with Crippen LogP contribution in [-0.2, 0) is 16.1 Å². The Morgan fingerprint density at radius 2 is 1.87 bits per heavy atom. The minimum Gasteiger partial charge on any atom is -0.340 e. The van der Waals surface area contributed by atoms with Crippen molar-refractivity contribution >= 4 is 11.8 Å². The zero-order valence-corrected chi connectivity index (χ0v) is 17.2. The first-order chi connectivity index (χ1) is 15.0. The number of piperidine rings is 3. The molecule has 7 nitrogen and oxygen atoms in total. The van der Waals surface area contributed by atoms with Crippen LogP contribution in [0.25, 0.3) is 11.3 Å². The van der Waals surface area contributed by atoms with E-state index in [1.54, 1.807) is 18.2 Å². The van der Waals surface area contributed by atoms with Crippen molar-refractivity contribution in [3.63, 3.8) is 0 Å². The summed E-state index contributed by atoms with van der Waals surface area (Å²) >= 11 is 0. The van der Waals surface area contributed by atoms with Gasteiger partial charge in [-0.25, -0.2) is 9.07 Å². The zero-order chi connectivity index (χ0) is 21.5. The summed E-state index contributed by atoms with van der Waals surface area (Å²) in [6.45, 7) is 1.83. The van der Waals surface area contributed by atoms with Gasteiger partial charge in [0.05, 0.1) is 5.69 Å². The summed E-state index contributed by atoms with van der Waals surface area (Å²) in [5.74, 6) is 0.364. The van der Waals surface area contributed by atoms with Crippen LogP contribution in [0.3, 0.4) is 0 Å². The zero-order valence-electron chi connectivity index (χ0n) is 17.2. The molecular weight excluding hydrogens is 399 g/mol. The van der Waals surface area contributed by atoms with E-state index < -0.39 is 0 Å².